The molecule has 0 atom stereocenters. The Labute approximate surface area is 147 Å². The fourth-order valence-electron chi connectivity index (χ4n) is 3.03. The van der Waals surface area contributed by atoms with Crippen LogP contribution >= 0.6 is 0 Å². The number of H-pyrrole nitrogens is 1. The zero-order valence-electron chi connectivity index (χ0n) is 14.4. The summed E-state index contributed by atoms with van der Waals surface area (Å²) in [7, 11) is 0. The summed E-state index contributed by atoms with van der Waals surface area (Å²) in [4.78, 5) is 28.2. The Bertz CT molecular complexity index is 1230. The minimum Gasteiger partial charge on any atom is -0.487 e. The molecule has 0 bridgehead atoms. The van der Waals surface area contributed by atoms with Crippen LogP contribution in [-0.4, -0.2) is 14.6 Å². The largest absolute Gasteiger partial charge is 0.487 e. The van der Waals surface area contributed by atoms with Crippen LogP contribution in [0.5, 0.6) is 5.75 Å². The molecule has 4 aromatic rings. The van der Waals surface area contributed by atoms with Crippen molar-refractivity contribution in [2.45, 2.75) is 26.9 Å². The number of nitrogens with one attached hydrogen (secondary N) is 1. The van der Waals surface area contributed by atoms with Crippen LogP contribution in [0, 0.1) is 6.92 Å². The molecule has 7 heteroatoms. The molecule has 0 saturated carbocycles. The first-order valence-electron chi connectivity index (χ1n) is 8.32. The Morgan fingerprint density at radius 1 is 1.19 bits per heavy atom. The van der Waals surface area contributed by atoms with Crippen molar-refractivity contribution in [2.24, 2.45) is 0 Å². The van der Waals surface area contributed by atoms with Crippen LogP contribution in [0.1, 0.15) is 23.9 Å². The van der Waals surface area contributed by atoms with Crippen molar-refractivity contribution in [1.82, 2.24) is 14.6 Å². The smallest absolute Gasteiger partial charge is 0.336 e. The van der Waals surface area contributed by atoms with Crippen LogP contribution in [0.2, 0.25) is 0 Å². The van der Waals surface area contributed by atoms with E-state index in [0.29, 0.717) is 22.7 Å². The molecule has 0 aliphatic carbocycles. The first-order chi connectivity index (χ1) is 12.5. The van der Waals surface area contributed by atoms with Gasteiger partial charge in [0.1, 0.15) is 17.9 Å². The lowest BCUT2D eigenvalue weighted by atomic mass is 10.2. The number of fused-ring (bicyclic) bond motifs is 2. The van der Waals surface area contributed by atoms with Crippen LogP contribution < -0.4 is 15.9 Å². The van der Waals surface area contributed by atoms with Crippen LogP contribution in [-0.2, 0) is 13.0 Å². The highest BCUT2D eigenvalue weighted by Gasteiger charge is 2.12. The van der Waals surface area contributed by atoms with E-state index in [0.717, 1.165) is 23.1 Å². The van der Waals surface area contributed by atoms with Crippen LogP contribution in [0.3, 0.4) is 0 Å². The standard InChI is InChI=1S/C19H17N3O4/c1-3-15-11(2)21-22-17(23)8-13(20-19(15)22)10-25-14-6-4-12-5-7-18(24)26-16(12)9-14/h4-9,21H,3,10H2,1-2H3. The zero-order chi connectivity index (χ0) is 18.3. The first kappa shape index (κ1) is 16.1. The number of rotatable bonds is 4. The molecule has 1 N–H and O–H groups in total. The molecular weight excluding hydrogens is 334 g/mol. The molecule has 132 valence electrons. The Balaban J connectivity index is 1.65. The quantitative estimate of drug-likeness (QED) is 0.571. The van der Waals surface area contributed by atoms with Gasteiger partial charge in [0.2, 0.25) is 0 Å². The molecule has 1 aromatic carbocycles. The van der Waals surface area contributed by atoms with Gasteiger partial charge in [-0.1, -0.05) is 6.92 Å². The molecule has 3 aromatic heterocycles. The van der Waals surface area contributed by atoms with E-state index in [1.54, 1.807) is 18.2 Å². The predicted molar refractivity (Wildman–Crippen MR) is 96.7 cm³/mol. The van der Waals surface area contributed by atoms with Gasteiger partial charge >= 0.3 is 5.63 Å². The summed E-state index contributed by atoms with van der Waals surface area (Å²) in [6, 6.07) is 9.76. The normalized spacial score (nSPS) is 11.3. The van der Waals surface area contributed by atoms with E-state index in [1.807, 2.05) is 19.9 Å². The average molecular weight is 351 g/mol. The van der Waals surface area contributed by atoms with Crippen molar-refractivity contribution in [2.75, 3.05) is 0 Å². The first-order valence-corrected chi connectivity index (χ1v) is 8.32. The molecule has 0 saturated heterocycles. The fourth-order valence-corrected chi connectivity index (χ4v) is 3.03. The van der Waals surface area contributed by atoms with Gasteiger partial charge in [-0.05, 0) is 31.5 Å². The van der Waals surface area contributed by atoms with E-state index in [4.69, 9.17) is 9.15 Å². The lowest BCUT2D eigenvalue weighted by molar-refractivity contribution is 0.301. The number of aromatic nitrogens is 3. The average Bonchev–Trinajstić information content (AvgIpc) is 2.95. The number of nitrogens with zero attached hydrogens (tertiary/aromatic N) is 2. The Morgan fingerprint density at radius 3 is 2.81 bits per heavy atom. The summed E-state index contributed by atoms with van der Waals surface area (Å²) in [6.45, 7) is 4.09. The maximum atomic E-state index is 12.3. The molecule has 0 spiro atoms. The topological polar surface area (TPSA) is 89.6 Å². The van der Waals surface area contributed by atoms with Crippen molar-refractivity contribution < 1.29 is 9.15 Å². The zero-order valence-corrected chi connectivity index (χ0v) is 14.4. The van der Waals surface area contributed by atoms with Gasteiger partial charge in [0.05, 0.1) is 5.69 Å². The third-order valence-corrected chi connectivity index (χ3v) is 4.31. The number of hydrogen-bond donors (Lipinski definition) is 1. The number of hydrogen-bond acceptors (Lipinski definition) is 5. The Hall–Kier alpha value is -3.35. The van der Waals surface area contributed by atoms with Crippen LogP contribution in [0.25, 0.3) is 16.6 Å². The van der Waals surface area contributed by atoms with Crippen molar-refractivity contribution in [3.8, 4) is 5.75 Å². The van der Waals surface area contributed by atoms with Gasteiger partial charge in [0.15, 0.2) is 5.65 Å². The molecule has 0 radical (unpaired) electrons. The molecule has 0 unspecified atom stereocenters. The summed E-state index contributed by atoms with van der Waals surface area (Å²) < 4.78 is 12.3. The Morgan fingerprint density at radius 2 is 2.00 bits per heavy atom. The SMILES string of the molecule is CCc1c(C)[nH]n2c(=O)cc(COc3ccc4ccc(=O)oc4c3)nc12. The molecule has 0 aliphatic heterocycles. The molecule has 0 amide bonds. The van der Waals surface area contributed by atoms with E-state index >= 15 is 0 Å². The molecular formula is C19H17N3O4. The lowest BCUT2D eigenvalue weighted by Crippen LogP contribution is -2.16. The fraction of sp³-hybridized carbons (Fsp3) is 0.211. The van der Waals surface area contributed by atoms with E-state index in [2.05, 4.69) is 10.1 Å². The number of ether oxygens (including phenoxy) is 1. The van der Waals surface area contributed by atoms with Crippen molar-refractivity contribution in [3.05, 3.63) is 74.1 Å². The molecule has 4 rings (SSSR count). The molecule has 0 aliphatic rings. The van der Waals surface area contributed by atoms with Gasteiger partial charge in [-0.2, -0.15) is 0 Å². The van der Waals surface area contributed by atoms with Gasteiger partial charge < -0.3 is 9.15 Å². The maximum absolute atomic E-state index is 12.3. The monoisotopic (exact) mass is 351 g/mol. The minimum atomic E-state index is -0.412. The molecule has 26 heavy (non-hydrogen) atoms. The summed E-state index contributed by atoms with van der Waals surface area (Å²) in [6.07, 6.45) is 0.777. The van der Waals surface area contributed by atoms with Gasteiger partial charge in [-0.3, -0.25) is 9.89 Å². The summed E-state index contributed by atoms with van der Waals surface area (Å²) in [5, 5.41) is 3.84. The third kappa shape index (κ3) is 2.77. The second-order valence-electron chi connectivity index (χ2n) is 6.06. The lowest BCUT2D eigenvalue weighted by Gasteiger charge is -2.07. The summed E-state index contributed by atoms with van der Waals surface area (Å²) in [5.74, 6) is 0.537. The predicted octanol–water partition coefficient (Wildman–Crippen LogP) is 2.58. The number of aryl methyl sites for hydroxylation is 2. The van der Waals surface area contributed by atoms with Crippen molar-refractivity contribution in [1.29, 1.82) is 0 Å². The number of aromatic amines is 1. The summed E-state index contributed by atoms with van der Waals surface area (Å²) in [5.41, 5.74) is 2.97. The second kappa shape index (κ2) is 6.18. The van der Waals surface area contributed by atoms with E-state index in [1.165, 1.54) is 16.6 Å². The Kier molecular flexibility index (Phi) is 3.84. The van der Waals surface area contributed by atoms with Gasteiger partial charge in [0.25, 0.3) is 5.56 Å². The molecule has 0 fully saturated rings. The van der Waals surface area contributed by atoms with Crippen LogP contribution in [0.4, 0.5) is 0 Å². The van der Waals surface area contributed by atoms with Crippen LogP contribution in [0.15, 0.2) is 50.4 Å². The number of benzene rings is 1. The van der Waals surface area contributed by atoms with Gasteiger partial charge in [-0.15, -0.1) is 0 Å². The maximum Gasteiger partial charge on any atom is 0.336 e. The van der Waals surface area contributed by atoms with E-state index < -0.39 is 5.63 Å². The second-order valence-corrected chi connectivity index (χ2v) is 6.06. The van der Waals surface area contributed by atoms with Crippen molar-refractivity contribution in [3.63, 3.8) is 0 Å². The molecule has 3 heterocycles. The van der Waals surface area contributed by atoms with Gasteiger partial charge in [0, 0.05) is 34.8 Å². The minimum absolute atomic E-state index is 0.141. The van der Waals surface area contributed by atoms with E-state index in [-0.39, 0.29) is 12.2 Å². The highest BCUT2D eigenvalue weighted by Crippen LogP contribution is 2.20. The molecule has 7 nitrogen and oxygen atoms in total. The summed E-state index contributed by atoms with van der Waals surface area (Å²) >= 11 is 0. The van der Waals surface area contributed by atoms with Crippen molar-refractivity contribution >= 4 is 16.6 Å². The third-order valence-electron chi connectivity index (χ3n) is 4.31. The van der Waals surface area contributed by atoms with E-state index in [9.17, 15) is 9.59 Å². The highest BCUT2D eigenvalue weighted by atomic mass is 16.5. The van der Waals surface area contributed by atoms with Gasteiger partial charge in [-0.25, -0.2) is 14.3 Å². The highest BCUT2D eigenvalue weighted by molar-refractivity contribution is 5.77.